The van der Waals surface area contributed by atoms with Gasteiger partial charge in [0, 0.05) is 41.2 Å². The minimum Gasteiger partial charge on any atom is -0.481 e. The zero-order valence-corrected chi connectivity index (χ0v) is 17.0. The number of alkyl halides is 3. The number of benzene rings is 2. The quantitative estimate of drug-likeness (QED) is 0.372. The van der Waals surface area contributed by atoms with Crippen molar-refractivity contribution in [1.29, 1.82) is 0 Å². The van der Waals surface area contributed by atoms with E-state index in [4.69, 9.17) is 21.2 Å². The fourth-order valence-electron chi connectivity index (χ4n) is 3.31. The van der Waals surface area contributed by atoms with Crippen LogP contribution in [-0.4, -0.2) is 32.1 Å². The van der Waals surface area contributed by atoms with E-state index in [0.717, 1.165) is 17.0 Å². The van der Waals surface area contributed by atoms with E-state index in [2.05, 4.69) is 14.9 Å². The second kappa shape index (κ2) is 8.54. The lowest BCUT2D eigenvalue weighted by atomic mass is 10.1. The van der Waals surface area contributed by atoms with E-state index < -0.39 is 18.1 Å². The molecule has 0 spiro atoms. The number of aliphatic carboxylic acids is 1. The van der Waals surface area contributed by atoms with Crippen LogP contribution in [0.5, 0.6) is 5.75 Å². The Morgan fingerprint density at radius 2 is 2.03 bits per heavy atom. The third-order valence-electron chi connectivity index (χ3n) is 4.67. The van der Waals surface area contributed by atoms with Crippen molar-refractivity contribution in [3.8, 4) is 28.6 Å². The average Bonchev–Trinajstić information content (AvgIpc) is 3.36. The van der Waals surface area contributed by atoms with Crippen LogP contribution in [0.25, 0.3) is 33.7 Å². The van der Waals surface area contributed by atoms with Crippen LogP contribution in [0.15, 0.2) is 53.2 Å². The maximum atomic E-state index is 12.4. The number of carboxylic acids is 1. The smallest absolute Gasteiger partial charge is 0.481 e. The Morgan fingerprint density at radius 3 is 2.75 bits per heavy atom. The maximum absolute atomic E-state index is 12.4. The summed E-state index contributed by atoms with van der Waals surface area (Å²) in [6.07, 6.45) is -2.44. The van der Waals surface area contributed by atoms with Crippen LogP contribution >= 0.6 is 11.6 Å². The first kappa shape index (κ1) is 21.7. The Kier molecular flexibility index (Phi) is 5.79. The van der Waals surface area contributed by atoms with Crippen LogP contribution in [-0.2, 0) is 11.3 Å². The summed E-state index contributed by atoms with van der Waals surface area (Å²) in [6.45, 7) is 0.543. The molecule has 0 fully saturated rings. The van der Waals surface area contributed by atoms with Gasteiger partial charge in [0.15, 0.2) is 0 Å². The Bertz CT molecular complexity index is 1280. The topological polar surface area (TPSA) is 90.4 Å². The normalized spacial score (nSPS) is 11.8. The molecule has 0 unspecified atom stereocenters. The van der Waals surface area contributed by atoms with E-state index in [9.17, 15) is 18.0 Å². The zero-order chi connectivity index (χ0) is 22.9. The molecule has 0 aliphatic carbocycles. The van der Waals surface area contributed by atoms with Crippen molar-refractivity contribution in [2.24, 2.45) is 0 Å². The Balaban J connectivity index is 1.61. The Morgan fingerprint density at radius 1 is 1.22 bits per heavy atom. The summed E-state index contributed by atoms with van der Waals surface area (Å²) >= 11 is 5.90. The number of ether oxygens (including phenoxy) is 1. The third-order valence-corrected chi connectivity index (χ3v) is 4.97. The van der Waals surface area contributed by atoms with Gasteiger partial charge in [0.25, 0.3) is 5.89 Å². The summed E-state index contributed by atoms with van der Waals surface area (Å²) in [4.78, 5) is 15.1. The van der Waals surface area contributed by atoms with Gasteiger partial charge in [0.05, 0.1) is 5.02 Å². The van der Waals surface area contributed by atoms with E-state index in [-0.39, 0.29) is 17.3 Å². The molecule has 32 heavy (non-hydrogen) atoms. The van der Waals surface area contributed by atoms with Gasteiger partial charge in [-0.25, -0.2) is 0 Å². The summed E-state index contributed by atoms with van der Waals surface area (Å²) in [5.41, 5.74) is 1.91. The van der Waals surface area contributed by atoms with E-state index in [1.165, 1.54) is 12.1 Å². The number of nitrogens with zero attached hydrogens (tertiary/aromatic N) is 3. The molecule has 2 aromatic heterocycles. The SMILES string of the molecule is O=C(O)CCCn1ccc2c(-c3noc(-c4ccc(OC(F)(F)F)c(Cl)c4)n3)cccc21. The molecule has 0 saturated carbocycles. The maximum Gasteiger partial charge on any atom is 0.573 e. The molecule has 2 heterocycles. The lowest BCUT2D eigenvalue weighted by Crippen LogP contribution is -2.17. The second-order valence-electron chi connectivity index (χ2n) is 6.86. The molecule has 0 aliphatic heterocycles. The zero-order valence-electron chi connectivity index (χ0n) is 16.3. The number of halogens is 4. The number of carboxylic acid groups (broad SMARTS) is 1. The molecule has 2 aromatic carbocycles. The first-order chi connectivity index (χ1) is 15.2. The molecule has 0 amide bonds. The number of fused-ring (bicyclic) bond motifs is 1. The van der Waals surface area contributed by atoms with Crippen LogP contribution in [0.1, 0.15) is 12.8 Å². The first-order valence-corrected chi connectivity index (χ1v) is 9.78. The van der Waals surface area contributed by atoms with Crippen LogP contribution in [0, 0.1) is 0 Å². The van der Waals surface area contributed by atoms with Gasteiger partial charge in [-0.05, 0) is 36.8 Å². The van der Waals surface area contributed by atoms with Crippen molar-refractivity contribution in [3.05, 3.63) is 53.7 Å². The molecule has 0 aliphatic rings. The van der Waals surface area contributed by atoms with Gasteiger partial charge in [0.1, 0.15) is 5.75 Å². The van der Waals surface area contributed by atoms with Crippen molar-refractivity contribution in [2.45, 2.75) is 25.7 Å². The highest BCUT2D eigenvalue weighted by Crippen LogP contribution is 2.34. The van der Waals surface area contributed by atoms with Crippen molar-refractivity contribution in [1.82, 2.24) is 14.7 Å². The van der Waals surface area contributed by atoms with Crippen LogP contribution < -0.4 is 4.74 Å². The number of carbonyl (C=O) groups is 1. The highest BCUT2D eigenvalue weighted by atomic mass is 35.5. The predicted octanol–water partition coefficient (Wildman–Crippen LogP) is 5.78. The number of aryl methyl sites for hydroxylation is 1. The standard InChI is InChI=1S/C21H15ClF3N3O4/c22-15-11-12(6-7-17(15)31-21(23,24)25)20-26-19(27-32-20)14-3-1-4-16-13(14)8-10-28(16)9-2-5-18(29)30/h1,3-4,6-8,10-11H,2,5,9H2,(H,29,30). The highest BCUT2D eigenvalue weighted by Gasteiger charge is 2.32. The van der Waals surface area contributed by atoms with Crippen molar-refractivity contribution >= 4 is 28.5 Å². The van der Waals surface area contributed by atoms with E-state index in [1.807, 2.05) is 35.0 Å². The average molecular weight is 466 g/mol. The number of hydrogen-bond acceptors (Lipinski definition) is 5. The molecule has 11 heteroatoms. The van der Waals surface area contributed by atoms with Crippen LogP contribution in [0.2, 0.25) is 5.02 Å². The van der Waals surface area contributed by atoms with Gasteiger partial charge in [-0.2, -0.15) is 4.98 Å². The highest BCUT2D eigenvalue weighted by molar-refractivity contribution is 6.32. The summed E-state index contributed by atoms with van der Waals surface area (Å²) in [5.74, 6) is -1.00. The van der Waals surface area contributed by atoms with Crippen molar-refractivity contribution in [2.75, 3.05) is 0 Å². The first-order valence-electron chi connectivity index (χ1n) is 9.41. The van der Waals surface area contributed by atoms with Gasteiger partial charge in [0.2, 0.25) is 5.82 Å². The number of aromatic nitrogens is 3. The molecule has 166 valence electrons. The lowest BCUT2D eigenvalue weighted by Gasteiger charge is -2.10. The minimum absolute atomic E-state index is 0.0723. The van der Waals surface area contributed by atoms with E-state index >= 15 is 0 Å². The Hall–Kier alpha value is -3.53. The Labute approximate surface area is 184 Å². The molecule has 7 nitrogen and oxygen atoms in total. The summed E-state index contributed by atoms with van der Waals surface area (Å²) < 4.78 is 48.4. The fourth-order valence-corrected chi connectivity index (χ4v) is 3.52. The predicted molar refractivity (Wildman–Crippen MR) is 109 cm³/mol. The van der Waals surface area contributed by atoms with Crippen LogP contribution in [0.4, 0.5) is 13.2 Å². The summed E-state index contributed by atoms with van der Waals surface area (Å²) in [5, 5.41) is 13.4. The molecule has 0 saturated heterocycles. The molecule has 4 rings (SSSR count). The molecule has 1 N–H and O–H groups in total. The van der Waals surface area contributed by atoms with Gasteiger partial charge in [-0.15, -0.1) is 13.2 Å². The number of hydrogen-bond donors (Lipinski definition) is 1. The van der Waals surface area contributed by atoms with Crippen molar-refractivity contribution in [3.63, 3.8) is 0 Å². The minimum atomic E-state index is -4.86. The third kappa shape index (κ3) is 4.70. The summed E-state index contributed by atoms with van der Waals surface area (Å²) in [7, 11) is 0. The second-order valence-corrected chi connectivity index (χ2v) is 7.27. The molecule has 4 aromatic rings. The van der Waals surface area contributed by atoms with E-state index in [1.54, 1.807) is 0 Å². The lowest BCUT2D eigenvalue weighted by molar-refractivity contribution is -0.274. The van der Waals surface area contributed by atoms with E-state index in [0.29, 0.717) is 29.9 Å². The molecule has 0 radical (unpaired) electrons. The van der Waals surface area contributed by atoms with Gasteiger partial charge < -0.3 is 18.9 Å². The fraction of sp³-hybridized carbons (Fsp3) is 0.190. The largest absolute Gasteiger partial charge is 0.573 e. The molecular weight excluding hydrogens is 451 g/mol. The van der Waals surface area contributed by atoms with Gasteiger partial charge in [-0.1, -0.05) is 28.9 Å². The van der Waals surface area contributed by atoms with Crippen LogP contribution in [0.3, 0.4) is 0 Å². The van der Waals surface area contributed by atoms with Gasteiger partial charge >= 0.3 is 12.3 Å². The van der Waals surface area contributed by atoms with Crippen molar-refractivity contribution < 1.29 is 32.3 Å². The molecular formula is C21H15ClF3N3O4. The summed E-state index contributed by atoms with van der Waals surface area (Å²) in [6, 6.07) is 11.1. The van der Waals surface area contributed by atoms with Gasteiger partial charge in [-0.3, -0.25) is 4.79 Å². The molecule has 0 atom stereocenters. The number of rotatable bonds is 7. The molecule has 0 bridgehead atoms. The monoisotopic (exact) mass is 465 g/mol.